The molecule has 0 atom stereocenters. The highest BCUT2D eigenvalue weighted by Crippen LogP contribution is 2.33. The fraction of sp³-hybridized carbons (Fsp3) is 0.619. The zero-order chi connectivity index (χ0) is 22.4. The highest BCUT2D eigenvalue weighted by molar-refractivity contribution is 7.89. The van der Waals surface area contributed by atoms with E-state index in [9.17, 15) is 18.0 Å². The fourth-order valence-corrected chi connectivity index (χ4v) is 6.80. The first kappa shape index (κ1) is 24.3. The largest absolute Gasteiger partial charge is 0.354 e. The van der Waals surface area contributed by atoms with Crippen LogP contribution in [0.4, 0.5) is 0 Å². The Labute approximate surface area is 193 Å². The van der Waals surface area contributed by atoms with Crippen LogP contribution in [0.25, 0.3) is 0 Å². The average molecular weight is 490 g/mol. The zero-order valence-electron chi connectivity index (χ0n) is 17.4. The van der Waals surface area contributed by atoms with Crippen LogP contribution in [0.1, 0.15) is 44.9 Å². The topological polar surface area (TPSA) is 95.6 Å². The molecule has 10 heteroatoms. The molecule has 2 aliphatic rings. The van der Waals surface area contributed by atoms with Crippen molar-refractivity contribution in [2.24, 2.45) is 11.8 Å². The highest BCUT2D eigenvalue weighted by atomic mass is 35.5. The van der Waals surface area contributed by atoms with Crippen molar-refractivity contribution in [1.82, 2.24) is 14.9 Å². The Kier molecular flexibility index (Phi) is 8.61. The molecular formula is C21H29Cl2N3O4S. The Morgan fingerprint density at radius 1 is 0.871 bits per heavy atom. The van der Waals surface area contributed by atoms with Crippen molar-refractivity contribution in [2.45, 2.75) is 49.8 Å². The van der Waals surface area contributed by atoms with Crippen LogP contribution >= 0.6 is 23.2 Å². The first-order valence-electron chi connectivity index (χ1n) is 10.8. The first-order valence-corrected chi connectivity index (χ1v) is 13.0. The predicted molar refractivity (Wildman–Crippen MR) is 121 cm³/mol. The number of nitrogens with one attached hydrogen (secondary N) is 2. The molecule has 7 nitrogen and oxygen atoms in total. The van der Waals surface area contributed by atoms with Gasteiger partial charge in [-0.2, -0.15) is 4.31 Å². The van der Waals surface area contributed by atoms with Gasteiger partial charge < -0.3 is 10.6 Å². The molecule has 0 unspecified atom stereocenters. The van der Waals surface area contributed by atoms with E-state index in [1.807, 2.05) is 0 Å². The Bertz CT molecular complexity index is 876. The molecule has 3 rings (SSSR count). The third-order valence-electron chi connectivity index (χ3n) is 6.04. The van der Waals surface area contributed by atoms with Gasteiger partial charge >= 0.3 is 0 Å². The molecule has 0 spiro atoms. The number of benzene rings is 1. The number of amides is 2. The molecule has 0 bridgehead atoms. The van der Waals surface area contributed by atoms with E-state index in [1.54, 1.807) is 6.07 Å². The molecule has 1 aliphatic heterocycles. The molecule has 1 saturated carbocycles. The van der Waals surface area contributed by atoms with E-state index < -0.39 is 10.0 Å². The third kappa shape index (κ3) is 6.12. The number of rotatable bonds is 7. The number of sulfonamides is 1. The quantitative estimate of drug-likeness (QED) is 0.574. The normalized spacial score (nSPS) is 19.2. The molecule has 172 valence electrons. The van der Waals surface area contributed by atoms with Crippen molar-refractivity contribution in [1.29, 1.82) is 0 Å². The summed E-state index contributed by atoms with van der Waals surface area (Å²) in [5.41, 5.74) is 0. The van der Waals surface area contributed by atoms with Crippen LogP contribution in [0.15, 0.2) is 23.1 Å². The Morgan fingerprint density at radius 2 is 1.35 bits per heavy atom. The van der Waals surface area contributed by atoms with Crippen molar-refractivity contribution in [3.63, 3.8) is 0 Å². The number of halogens is 2. The van der Waals surface area contributed by atoms with Gasteiger partial charge in [0, 0.05) is 38.0 Å². The van der Waals surface area contributed by atoms with Crippen molar-refractivity contribution >= 4 is 45.0 Å². The van der Waals surface area contributed by atoms with E-state index in [0.29, 0.717) is 25.9 Å². The number of carbonyl (C=O) groups excluding carboxylic acids is 2. The van der Waals surface area contributed by atoms with E-state index in [1.165, 1.54) is 22.9 Å². The van der Waals surface area contributed by atoms with Gasteiger partial charge in [0.1, 0.15) is 4.90 Å². The van der Waals surface area contributed by atoms with Crippen LogP contribution in [0.2, 0.25) is 10.0 Å². The van der Waals surface area contributed by atoms with Crippen LogP contribution < -0.4 is 10.6 Å². The molecule has 1 saturated heterocycles. The van der Waals surface area contributed by atoms with E-state index in [0.717, 1.165) is 25.7 Å². The summed E-state index contributed by atoms with van der Waals surface area (Å²) in [5, 5.41) is 5.92. The maximum atomic E-state index is 12.9. The molecule has 1 heterocycles. The van der Waals surface area contributed by atoms with Gasteiger partial charge in [-0.05, 0) is 37.8 Å². The molecule has 31 heavy (non-hydrogen) atoms. The standard InChI is InChI=1S/C21H29Cl2N3O4S/c22-17-7-4-8-18(23)19(17)31(29,30)26-13-9-16(10-14-26)21(28)25-12-11-24-20(27)15-5-2-1-3-6-15/h4,7-8,15-16H,1-3,5-6,9-14H2,(H,24,27)(H,25,28). The van der Waals surface area contributed by atoms with Gasteiger partial charge in [-0.25, -0.2) is 8.42 Å². The van der Waals surface area contributed by atoms with Gasteiger partial charge in [0.2, 0.25) is 21.8 Å². The Balaban J connectivity index is 1.43. The van der Waals surface area contributed by atoms with Crippen molar-refractivity contribution in [2.75, 3.05) is 26.2 Å². The number of nitrogens with zero attached hydrogens (tertiary/aromatic N) is 1. The summed E-state index contributed by atoms with van der Waals surface area (Å²) in [4.78, 5) is 24.5. The fourth-order valence-electron chi connectivity index (χ4n) is 4.24. The molecule has 1 aromatic rings. The van der Waals surface area contributed by atoms with Gasteiger partial charge in [0.15, 0.2) is 0 Å². The zero-order valence-corrected chi connectivity index (χ0v) is 19.7. The predicted octanol–water partition coefficient (Wildman–Crippen LogP) is 3.21. The average Bonchev–Trinajstić information content (AvgIpc) is 2.77. The molecule has 2 N–H and O–H groups in total. The summed E-state index contributed by atoms with van der Waals surface area (Å²) in [6, 6.07) is 4.58. The maximum Gasteiger partial charge on any atom is 0.246 e. The summed E-state index contributed by atoms with van der Waals surface area (Å²) in [6.07, 6.45) is 6.13. The van der Waals surface area contributed by atoms with E-state index >= 15 is 0 Å². The molecular weight excluding hydrogens is 461 g/mol. The van der Waals surface area contributed by atoms with Crippen LogP contribution in [0.5, 0.6) is 0 Å². The summed E-state index contributed by atoms with van der Waals surface area (Å²) >= 11 is 12.1. The lowest BCUT2D eigenvalue weighted by molar-refractivity contribution is -0.127. The summed E-state index contributed by atoms with van der Waals surface area (Å²) in [7, 11) is -3.82. The maximum absolute atomic E-state index is 12.9. The monoisotopic (exact) mass is 489 g/mol. The van der Waals surface area contributed by atoms with E-state index in [2.05, 4.69) is 10.6 Å². The van der Waals surface area contributed by atoms with Gasteiger partial charge in [0.25, 0.3) is 0 Å². The number of carbonyl (C=O) groups is 2. The number of hydrogen-bond acceptors (Lipinski definition) is 4. The number of hydrogen-bond donors (Lipinski definition) is 2. The van der Waals surface area contributed by atoms with E-state index in [4.69, 9.17) is 23.2 Å². The van der Waals surface area contributed by atoms with Crippen molar-refractivity contribution in [3.05, 3.63) is 28.2 Å². The molecule has 2 amide bonds. The Hall–Kier alpha value is -1.35. The van der Waals surface area contributed by atoms with Gasteiger partial charge in [0.05, 0.1) is 10.0 Å². The lowest BCUT2D eigenvalue weighted by Crippen LogP contribution is -2.44. The lowest BCUT2D eigenvalue weighted by atomic mass is 9.89. The lowest BCUT2D eigenvalue weighted by Gasteiger charge is -2.31. The molecule has 0 radical (unpaired) electrons. The van der Waals surface area contributed by atoms with Crippen molar-refractivity contribution < 1.29 is 18.0 Å². The van der Waals surface area contributed by atoms with Crippen LogP contribution in [-0.4, -0.2) is 50.7 Å². The van der Waals surface area contributed by atoms with E-state index in [-0.39, 0.29) is 51.7 Å². The Morgan fingerprint density at radius 3 is 1.87 bits per heavy atom. The smallest absolute Gasteiger partial charge is 0.246 e. The highest BCUT2D eigenvalue weighted by Gasteiger charge is 2.34. The third-order valence-corrected chi connectivity index (χ3v) is 8.90. The number of piperidine rings is 1. The molecule has 1 aliphatic carbocycles. The van der Waals surface area contributed by atoms with Gasteiger partial charge in [-0.3, -0.25) is 9.59 Å². The second-order valence-corrected chi connectivity index (χ2v) is 10.8. The van der Waals surface area contributed by atoms with Gasteiger partial charge in [-0.1, -0.05) is 48.5 Å². The van der Waals surface area contributed by atoms with Crippen LogP contribution in [0, 0.1) is 11.8 Å². The second-order valence-electron chi connectivity index (χ2n) is 8.15. The summed E-state index contributed by atoms with van der Waals surface area (Å²) in [5.74, 6) is -0.199. The minimum Gasteiger partial charge on any atom is -0.354 e. The van der Waals surface area contributed by atoms with Crippen LogP contribution in [0.3, 0.4) is 0 Å². The summed E-state index contributed by atoms with van der Waals surface area (Å²) < 4.78 is 27.2. The SMILES string of the molecule is O=C(NCCNC(=O)C1CCN(S(=O)(=O)c2c(Cl)cccc2Cl)CC1)C1CCCCC1. The minimum absolute atomic E-state index is 0.0747. The van der Waals surface area contributed by atoms with Crippen LogP contribution in [-0.2, 0) is 19.6 Å². The first-order chi connectivity index (χ1) is 14.8. The second kappa shape index (κ2) is 11.0. The summed E-state index contributed by atoms with van der Waals surface area (Å²) in [6.45, 7) is 1.21. The molecule has 1 aromatic carbocycles. The molecule has 2 fully saturated rings. The minimum atomic E-state index is -3.82. The van der Waals surface area contributed by atoms with Gasteiger partial charge in [-0.15, -0.1) is 0 Å². The molecule has 0 aromatic heterocycles. The van der Waals surface area contributed by atoms with Crippen molar-refractivity contribution in [3.8, 4) is 0 Å².